The molecule has 1 atom stereocenters. The molecule has 0 unspecified atom stereocenters. The molecule has 0 saturated carbocycles. The number of carboxylic acids is 1. The first-order valence-corrected chi connectivity index (χ1v) is 6.15. The van der Waals surface area contributed by atoms with E-state index in [1.807, 2.05) is 0 Å². The monoisotopic (exact) mass is 266 g/mol. The van der Waals surface area contributed by atoms with E-state index in [4.69, 9.17) is 5.11 Å². The number of amides is 1. The summed E-state index contributed by atoms with van der Waals surface area (Å²) in [6, 6.07) is 3.11. The van der Waals surface area contributed by atoms with Gasteiger partial charge >= 0.3 is 5.97 Å². The first-order chi connectivity index (χ1) is 9.08. The van der Waals surface area contributed by atoms with Gasteiger partial charge < -0.3 is 15.7 Å². The first-order valence-electron chi connectivity index (χ1n) is 6.15. The number of hydrogen-bond donors (Lipinski definition) is 3. The van der Waals surface area contributed by atoms with Gasteiger partial charge in [-0.3, -0.25) is 4.79 Å². The molecule has 19 heavy (non-hydrogen) atoms. The largest absolute Gasteiger partial charge is 0.478 e. The lowest BCUT2D eigenvalue weighted by Crippen LogP contribution is -2.43. The average Bonchev–Trinajstić information content (AvgIpc) is 2.41. The number of carboxylic acid groups (broad SMARTS) is 1. The van der Waals surface area contributed by atoms with Crippen molar-refractivity contribution in [1.29, 1.82) is 0 Å². The molecule has 0 spiro atoms. The van der Waals surface area contributed by atoms with Crippen LogP contribution in [-0.2, 0) is 4.79 Å². The third-order valence-electron chi connectivity index (χ3n) is 3.10. The van der Waals surface area contributed by atoms with Crippen LogP contribution >= 0.6 is 0 Å². The molecule has 1 saturated heterocycles. The van der Waals surface area contributed by atoms with Crippen LogP contribution in [0.4, 0.5) is 10.1 Å². The van der Waals surface area contributed by atoms with Gasteiger partial charge in [0, 0.05) is 0 Å². The number of piperidine rings is 1. The zero-order valence-electron chi connectivity index (χ0n) is 10.3. The van der Waals surface area contributed by atoms with Crippen molar-refractivity contribution in [3.8, 4) is 0 Å². The van der Waals surface area contributed by atoms with E-state index >= 15 is 0 Å². The van der Waals surface area contributed by atoms with E-state index in [0.717, 1.165) is 31.9 Å². The maximum Gasteiger partial charge on any atom is 0.335 e. The number of carbonyl (C=O) groups is 2. The Hall–Kier alpha value is -1.95. The van der Waals surface area contributed by atoms with Crippen molar-refractivity contribution in [2.45, 2.75) is 25.3 Å². The summed E-state index contributed by atoms with van der Waals surface area (Å²) in [6.07, 6.45) is 2.72. The van der Waals surface area contributed by atoms with Gasteiger partial charge in [-0.15, -0.1) is 0 Å². The molecule has 102 valence electrons. The molecular weight excluding hydrogens is 251 g/mol. The van der Waals surface area contributed by atoms with Crippen LogP contribution < -0.4 is 10.6 Å². The highest BCUT2D eigenvalue weighted by Crippen LogP contribution is 2.17. The Kier molecular flexibility index (Phi) is 4.11. The first kappa shape index (κ1) is 13.5. The lowest BCUT2D eigenvalue weighted by Gasteiger charge is -2.22. The summed E-state index contributed by atoms with van der Waals surface area (Å²) in [5.41, 5.74) is -0.145. The van der Waals surface area contributed by atoms with Crippen molar-refractivity contribution < 1.29 is 19.1 Å². The van der Waals surface area contributed by atoms with Gasteiger partial charge in [0.1, 0.15) is 5.82 Å². The second kappa shape index (κ2) is 5.79. The molecular formula is C13H15FN2O3. The number of aromatic carboxylic acids is 1. The minimum atomic E-state index is -1.20. The summed E-state index contributed by atoms with van der Waals surface area (Å²) in [5, 5.41) is 14.3. The summed E-state index contributed by atoms with van der Waals surface area (Å²) in [5.74, 6) is -2.24. The van der Waals surface area contributed by atoms with Gasteiger partial charge in [-0.25, -0.2) is 9.18 Å². The Bertz CT molecular complexity index is 499. The summed E-state index contributed by atoms with van der Waals surface area (Å²) in [7, 11) is 0. The van der Waals surface area contributed by atoms with Crippen LogP contribution in [0.5, 0.6) is 0 Å². The highest BCUT2D eigenvalue weighted by molar-refractivity contribution is 5.95. The Labute approximate surface area is 109 Å². The van der Waals surface area contributed by atoms with Crippen LogP contribution in [0.1, 0.15) is 29.6 Å². The number of benzene rings is 1. The second-order valence-corrected chi connectivity index (χ2v) is 4.49. The van der Waals surface area contributed by atoms with Crippen LogP contribution in [0, 0.1) is 5.82 Å². The molecule has 1 aliphatic rings. The number of nitrogens with one attached hydrogen (secondary N) is 2. The Morgan fingerprint density at radius 1 is 1.37 bits per heavy atom. The summed E-state index contributed by atoms with van der Waals surface area (Å²) < 4.78 is 13.6. The standard InChI is InChI=1S/C13H15FN2O3/c14-9-7-8(13(18)19)4-5-10(9)16-12(17)11-3-1-2-6-15-11/h4-5,7,11,15H,1-3,6H2,(H,16,17)(H,18,19)/t11-/m1/s1. The van der Waals surface area contributed by atoms with Gasteiger partial charge in [0.05, 0.1) is 17.3 Å². The lowest BCUT2D eigenvalue weighted by molar-refractivity contribution is -0.118. The van der Waals surface area contributed by atoms with E-state index in [0.29, 0.717) is 0 Å². The fourth-order valence-electron chi connectivity index (χ4n) is 2.04. The fourth-order valence-corrected chi connectivity index (χ4v) is 2.04. The van der Waals surface area contributed by atoms with Crippen molar-refractivity contribution in [1.82, 2.24) is 5.32 Å². The number of carbonyl (C=O) groups excluding carboxylic acids is 1. The highest BCUT2D eigenvalue weighted by atomic mass is 19.1. The molecule has 5 nitrogen and oxygen atoms in total. The Balaban J connectivity index is 2.06. The molecule has 1 aliphatic heterocycles. The van der Waals surface area contributed by atoms with Crippen molar-refractivity contribution >= 4 is 17.6 Å². The number of rotatable bonds is 3. The average molecular weight is 266 g/mol. The SMILES string of the molecule is O=C(O)c1ccc(NC(=O)[C@H]2CCCCN2)c(F)c1. The van der Waals surface area contributed by atoms with Crippen LogP contribution in [-0.4, -0.2) is 29.6 Å². The van der Waals surface area contributed by atoms with Crippen molar-refractivity contribution in [3.05, 3.63) is 29.6 Å². The molecule has 6 heteroatoms. The van der Waals surface area contributed by atoms with Gasteiger partial charge in [-0.2, -0.15) is 0 Å². The minimum Gasteiger partial charge on any atom is -0.478 e. The van der Waals surface area contributed by atoms with E-state index in [1.165, 1.54) is 12.1 Å². The highest BCUT2D eigenvalue weighted by Gasteiger charge is 2.21. The van der Waals surface area contributed by atoms with Crippen LogP contribution in [0.15, 0.2) is 18.2 Å². The van der Waals surface area contributed by atoms with E-state index in [9.17, 15) is 14.0 Å². The molecule has 1 aromatic rings. The van der Waals surface area contributed by atoms with Crippen molar-refractivity contribution in [2.75, 3.05) is 11.9 Å². The molecule has 0 radical (unpaired) electrons. The maximum absolute atomic E-state index is 13.6. The van der Waals surface area contributed by atoms with E-state index in [1.54, 1.807) is 0 Å². The van der Waals surface area contributed by atoms with E-state index < -0.39 is 11.8 Å². The van der Waals surface area contributed by atoms with E-state index in [-0.39, 0.29) is 23.2 Å². The molecule has 0 aliphatic carbocycles. The predicted molar refractivity (Wildman–Crippen MR) is 67.6 cm³/mol. The molecule has 1 fully saturated rings. The second-order valence-electron chi connectivity index (χ2n) is 4.49. The van der Waals surface area contributed by atoms with Gasteiger partial charge in [0.15, 0.2) is 0 Å². The van der Waals surface area contributed by atoms with Gasteiger partial charge in [0.2, 0.25) is 5.91 Å². The Morgan fingerprint density at radius 3 is 2.74 bits per heavy atom. The Morgan fingerprint density at radius 2 is 2.16 bits per heavy atom. The molecule has 1 amide bonds. The predicted octanol–water partition coefficient (Wildman–Crippen LogP) is 1.60. The summed E-state index contributed by atoms with van der Waals surface area (Å²) in [4.78, 5) is 22.6. The van der Waals surface area contributed by atoms with E-state index in [2.05, 4.69) is 10.6 Å². The molecule has 0 aromatic heterocycles. The zero-order valence-corrected chi connectivity index (χ0v) is 10.3. The quantitative estimate of drug-likeness (QED) is 0.776. The molecule has 0 bridgehead atoms. The van der Waals surface area contributed by atoms with Crippen molar-refractivity contribution in [3.63, 3.8) is 0 Å². The van der Waals surface area contributed by atoms with Crippen molar-refractivity contribution in [2.24, 2.45) is 0 Å². The maximum atomic E-state index is 13.6. The van der Waals surface area contributed by atoms with Crippen LogP contribution in [0.2, 0.25) is 0 Å². The zero-order chi connectivity index (χ0) is 13.8. The van der Waals surface area contributed by atoms with Crippen LogP contribution in [0.3, 0.4) is 0 Å². The smallest absolute Gasteiger partial charge is 0.335 e. The third-order valence-corrected chi connectivity index (χ3v) is 3.10. The minimum absolute atomic E-state index is 0.00220. The number of anilines is 1. The molecule has 2 rings (SSSR count). The summed E-state index contributed by atoms with van der Waals surface area (Å²) in [6.45, 7) is 0.776. The molecule has 3 N–H and O–H groups in total. The molecule has 1 aromatic carbocycles. The number of halogens is 1. The topological polar surface area (TPSA) is 78.4 Å². The third kappa shape index (κ3) is 3.29. The normalized spacial score (nSPS) is 18.9. The summed E-state index contributed by atoms with van der Waals surface area (Å²) >= 11 is 0. The lowest BCUT2D eigenvalue weighted by atomic mass is 10.0. The van der Waals surface area contributed by atoms with Gasteiger partial charge in [-0.05, 0) is 37.6 Å². The van der Waals surface area contributed by atoms with Crippen LogP contribution in [0.25, 0.3) is 0 Å². The fraction of sp³-hybridized carbons (Fsp3) is 0.385. The van der Waals surface area contributed by atoms with Gasteiger partial charge in [0.25, 0.3) is 0 Å². The number of hydrogen-bond acceptors (Lipinski definition) is 3. The van der Waals surface area contributed by atoms with Gasteiger partial charge in [-0.1, -0.05) is 6.42 Å². The molecule has 1 heterocycles.